The van der Waals surface area contributed by atoms with Gasteiger partial charge in [-0.1, -0.05) is 0 Å². The van der Waals surface area contributed by atoms with Crippen molar-refractivity contribution in [1.82, 2.24) is 14.7 Å². The van der Waals surface area contributed by atoms with Gasteiger partial charge in [-0.2, -0.15) is 0 Å². The van der Waals surface area contributed by atoms with Crippen LogP contribution in [-0.2, 0) is 0 Å². The van der Waals surface area contributed by atoms with E-state index in [0.717, 1.165) is 0 Å². The van der Waals surface area contributed by atoms with E-state index < -0.39 is 23.7 Å². The Kier molecular flexibility index (Phi) is 7.28. The predicted molar refractivity (Wildman–Crippen MR) is 127 cm³/mol. The van der Waals surface area contributed by atoms with E-state index >= 15 is 0 Å². The molecule has 0 saturated heterocycles. The van der Waals surface area contributed by atoms with Crippen LogP contribution >= 0.6 is 0 Å². The Balaban J connectivity index is 2.07. The van der Waals surface area contributed by atoms with Crippen LogP contribution in [0, 0.1) is 0 Å². The number of rotatable bonds is 4. The number of carbonyl (C=O) groups excluding carboxylic acids is 3. The molecule has 11 heteroatoms. The van der Waals surface area contributed by atoms with Crippen LogP contribution in [0.3, 0.4) is 0 Å². The second-order valence-electron chi connectivity index (χ2n) is 8.08. The van der Waals surface area contributed by atoms with Crippen molar-refractivity contribution in [3.05, 3.63) is 52.7 Å². The van der Waals surface area contributed by atoms with E-state index in [-0.39, 0.29) is 28.2 Å². The molecule has 0 radical (unpaired) electrons. The maximum atomic E-state index is 13.0. The van der Waals surface area contributed by atoms with Crippen LogP contribution in [0.5, 0.6) is 17.2 Å². The lowest BCUT2D eigenvalue weighted by Crippen LogP contribution is -2.26. The van der Waals surface area contributed by atoms with Crippen molar-refractivity contribution >= 4 is 29.2 Å². The number of nitrogens with zero attached hydrogens (tertiary/aromatic N) is 3. The number of hydrogen-bond donors (Lipinski definition) is 0. The molecule has 0 aliphatic heterocycles. The van der Waals surface area contributed by atoms with Crippen LogP contribution < -0.4 is 19.6 Å². The van der Waals surface area contributed by atoms with Crippen LogP contribution in [0.2, 0.25) is 0 Å². The van der Waals surface area contributed by atoms with E-state index in [4.69, 9.17) is 18.6 Å². The predicted octanol–water partition coefficient (Wildman–Crippen LogP) is 3.64. The molecule has 0 aliphatic carbocycles. The molecule has 11 nitrogen and oxygen atoms in total. The number of benzene rings is 2. The fourth-order valence-electron chi connectivity index (χ4n) is 2.77. The van der Waals surface area contributed by atoms with Gasteiger partial charge in [-0.3, -0.25) is 4.79 Å². The van der Waals surface area contributed by atoms with E-state index in [9.17, 15) is 19.2 Å². The molecule has 184 valence electrons. The van der Waals surface area contributed by atoms with Gasteiger partial charge in [0.25, 0.3) is 0 Å². The van der Waals surface area contributed by atoms with Crippen LogP contribution in [-0.4, -0.2) is 75.3 Å². The fraction of sp³-hybridized carbons (Fsp3) is 0.250. The van der Waals surface area contributed by atoms with E-state index in [0.29, 0.717) is 11.3 Å². The van der Waals surface area contributed by atoms with Gasteiger partial charge in [-0.15, -0.1) is 0 Å². The monoisotopic (exact) mass is 483 g/mol. The first-order valence-electron chi connectivity index (χ1n) is 10.4. The van der Waals surface area contributed by atoms with Gasteiger partial charge >= 0.3 is 18.3 Å². The zero-order valence-corrected chi connectivity index (χ0v) is 20.1. The second-order valence-corrected chi connectivity index (χ2v) is 8.08. The molecule has 3 amide bonds. The smallest absolute Gasteiger partial charge is 0.414 e. The first-order chi connectivity index (χ1) is 16.5. The van der Waals surface area contributed by atoms with Gasteiger partial charge in [0.15, 0.2) is 11.2 Å². The van der Waals surface area contributed by atoms with Crippen molar-refractivity contribution in [2.24, 2.45) is 0 Å². The molecule has 0 aliphatic rings. The minimum absolute atomic E-state index is 0.00475. The van der Waals surface area contributed by atoms with E-state index in [1.54, 1.807) is 38.4 Å². The summed E-state index contributed by atoms with van der Waals surface area (Å²) in [5, 5.41) is 0.00475. The summed E-state index contributed by atoms with van der Waals surface area (Å²) in [6.45, 7) is 0. The van der Waals surface area contributed by atoms with Gasteiger partial charge < -0.3 is 33.3 Å². The zero-order valence-electron chi connectivity index (χ0n) is 20.1. The lowest BCUT2D eigenvalue weighted by molar-refractivity contribution is 0.169. The molecule has 1 heterocycles. The molecular weight excluding hydrogens is 458 g/mol. The molecule has 35 heavy (non-hydrogen) atoms. The van der Waals surface area contributed by atoms with Gasteiger partial charge in [0.05, 0.1) is 0 Å². The molecule has 1 aromatic heterocycles. The average Bonchev–Trinajstić information content (AvgIpc) is 2.78. The summed E-state index contributed by atoms with van der Waals surface area (Å²) in [5.41, 5.74) is 0.0915. The van der Waals surface area contributed by atoms with Gasteiger partial charge in [0, 0.05) is 66.0 Å². The van der Waals surface area contributed by atoms with E-state index in [1.165, 1.54) is 61.1 Å². The van der Waals surface area contributed by atoms with E-state index in [2.05, 4.69) is 0 Å². The van der Waals surface area contributed by atoms with Crippen molar-refractivity contribution in [2.45, 2.75) is 0 Å². The highest BCUT2D eigenvalue weighted by atomic mass is 16.6. The molecular formula is C24H25N3O8. The third kappa shape index (κ3) is 5.88. The van der Waals surface area contributed by atoms with Crippen LogP contribution in [0.15, 0.2) is 51.7 Å². The molecule has 0 saturated carbocycles. The molecule has 0 atom stereocenters. The summed E-state index contributed by atoms with van der Waals surface area (Å²) in [6, 6.07) is 10.2. The Morgan fingerprint density at radius 1 is 0.686 bits per heavy atom. The summed E-state index contributed by atoms with van der Waals surface area (Å²) in [4.78, 5) is 52.6. The van der Waals surface area contributed by atoms with Gasteiger partial charge in [-0.25, -0.2) is 14.4 Å². The number of amides is 3. The Labute approximate surface area is 201 Å². The first-order valence-corrected chi connectivity index (χ1v) is 10.4. The maximum absolute atomic E-state index is 13.0. The van der Waals surface area contributed by atoms with Gasteiger partial charge in [0.2, 0.25) is 0 Å². The Morgan fingerprint density at radius 2 is 1.20 bits per heavy atom. The number of carbonyl (C=O) groups is 3. The number of fused-ring (bicyclic) bond motifs is 1. The third-order valence-corrected chi connectivity index (χ3v) is 4.61. The maximum Gasteiger partial charge on any atom is 0.414 e. The summed E-state index contributed by atoms with van der Waals surface area (Å²) < 4.78 is 21.8. The Hall–Kier alpha value is -4.54. The summed E-state index contributed by atoms with van der Waals surface area (Å²) in [7, 11) is 9.12. The van der Waals surface area contributed by atoms with Crippen molar-refractivity contribution in [3.8, 4) is 28.6 Å². The minimum Gasteiger partial charge on any atom is -0.456 e. The van der Waals surface area contributed by atoms with Crippen LogP contribution in [0.4, 0.5) is 14.4 Å². The van der Waals surface area contributed by atoms with E-state index in [1.807, 2.05) is 0 Å². The molecule has 3 aromatic rings. The molecule has 2 aromatic carbocycles. The topological polar surface area (TPSA) is 119 Å². The molecule has 0 bridgehead atoms. The summed E-state index contributed by atoms with van der Waals surface area (Å²) >= 11 is 0. The number of hydrogen-bond acceptors (Lipinski definition) is 8. The van der Waals surface area contributed by atoms with Crippen LogP contribution in [0.1, 0.15) is 0 Å². The van der Waals surface area contributed by atoms with Crippen molar-refractivity contribution in [2.75, 3.05) is 42.3 Å². The normalized spacial score (nSPS) is 10.5. The highest BCUT2D eigenvalue weighted by Gasteiger charge is 2.19. The SMILES string of the molecule is CN(C)C(=O)Oc1ccc(-c2cc(=O)c3c(OC(=O)N(C)C)cc(OC(=O)N(C)C)cc3o2)cc1. The molecule has 3 rings (SSSR count). The van der Waals surface area contributed by atoms with Gasteiger partial charge in [-0.05, 0) is 24.3 Å². The van der Waals surface area contributed by atoms with Gasteiger partial charge in [0.1, 0.15) is 28.2 Å². The lowest BCUT2D eigenvalue weighted by atomic mass is 10.1. The summed E-state index contributed by atoms with van der Waals surface area (Å²) in [5.74, 6) is 0.415. The standard InChI is InChI=1S/C24H25N3O8/c1-25(2)22(29)32-15-9-7-14(8-10-15)18-13-17(28)21-19(34-18)11-16(33-23(30)26(3)4)12-20(21)35-24(31)27(5)6/h7-13H,1-6H3. The van der Waals surface area contributed by atoms with Crippen LogP contribution in [0.25, 0.3) is 22.3 Å². The Morgan fingerprint density at radius 3 is 1.74 bits per heavy atom. The second kappa shape index (κ2) is 10.2. The third-order valence-electron chi connectivity index (χ3n) is 4.61. The quantitative estimate of drug-likeness (QED) is 0.552. The minimum atomic E-state index is -0.728. The zero-order chi connectivity index (χ0) is 25.9. The highest BCUT2D eigenvalue weighted by Crippen LogP contribution is 2.33. The van der Waals surface area contributed by atoms with Crippen molar-refractivity contribution in [1.29, 1.82) is 0 Å². The van der Waals surface area contributed by atoms with Crippen molar-refractivity contribution < 1.29 is 33.0 Å². The Bertz CT molecular complexity index is 1330. The molecule has 0 unspecified atom stereocenters. The lowest BCUT2D eigenvalue weighted by Gasteiger charge is -2.15. The molecule has 0 fully saturated rings. The fourth-order valence-corrected chi connectivity index (χ4v) is 2.77. The molecule has 0 N–H and O–H groups in total. The summed E-state index contributed by atoms with van der Waals surface area (Å²) in [6.07, 6.45) is -1.93. The molecule has 0 spiro atoms. The number of ether oxygens (including phenoxy) is 3. The highest BCUT2D eigenvalue weighted by molar-refractivity contribution is 5.89. The first kappa shape index (κ1) is 25.1. The largest absolute Gasteiger partial charge is 0.456 e. The average molecular weight is 483 g/mol. The van der Waals surface area contributed by atoms with Crippen molar-refractivity contribution in [3.63, 3.8) is 0 Å².